The van der Waals surface area contributed by atoms with Crippen molar-refractivity contribution >= 4 is 39.7 Å². The van der Waals surface area contributed by atoms with Crippen molar-refractivity contribution in [3.63, 3.8) is 0 Å². The summed E-state index contributed by atoms with van der Waals surface area (Å²) in [6, 6.07) is 5.01. The molecule has 2 fully saturated rings. The minimum Gasteiger partial charge on any atom is -0.380 e. The maximum atomic E-state index is 14.3. The van der Waals surface area contributed by atoms with Crippen LogP contribution in [0.1, 0.15) is 28.1 Å². The molecule has 26 heavy (non-hydrogen) atoms. The summed E-state index contributed by atoms with van der Waals surface area (Å²) in [5, 5.41) is 3.99. The molecule has 0 unspecified atom stereocenters. The van der Waals surface area contributed by atoms with Crippen molar-refractivity contribution in [2.45, 2.75) is 19.4 Å². The SMILES string of the molecule is COCc1c(C(=O)N2CC[C@@H]3CNC[C@@H]3CC2)sc2cccc(F)c12.Cl. The molecule has 3 heterocycles. The zero-order chi connectivity index (χ0) is 17.4. The van der Waals surface area contributed by atoms with Crippen LogP contribution in [0.2, 0.25) is 0 Å². The van der Waals surface area contributed by atoms with Crippen LogP contribution in [0, 0.1) is 17.7 Å². The molecular weight excluding hydrogens is 375 g/mol. The van der Waals surface area contributed by atoms with Gasteiger partial charge in [0.2, 0.25) is 0 Å². The number of ether oxygens (including phenoxy) is 1. The quantitative estimate of drug-likeness (QED) is 0.857. The topological polar surface area (TPSA) is 41.6 Å². The Labute approximate surface area is 163 Å². The summed E-state index contributed by atoms with van der Waals surface area (Å²) in [6.45, 7) is 3.95. The summed E-state index contributed by atoms with van der Waals surface area (Å²) in [4.78, 5) is 15.8. The number of amides is 1. The number of hydrogen-bond donors (Lipinski definition) is 1. The lowest BCUT2D eigenvalue weighted by atomic mass is 9.92. The van der Waals surface area contributed by atoms with E-state index in [1.807, 2.05) is 11.0 Å². The molecule has 0 radical (unpaired) electrons. The maximum Gasteiger partial charge on any atom is 0.264 e. The van der Waals surface area contributed by atoms with Crippen molar-refractivity contribution in [2.75, 3.05) is 33.3 Å². The molecule has 2 saturated heterocycles. The van der Waals surface area contributed by atoms with Crippen LogP contribution in [-0.4, -0.2) is 44.1 Å². The van der Waals surface area contributed by atoms with Gasteiger partial charge in [-0.1, -0.05) is 6.07 Å². The second kappa shape index (κ2) is 8.21. The van der Waals surface area contributed by atoms with E-state index >= 15 is 0 Å². The first-order chi connectivity index (χ1) is 12.2. The Bertz CT molecular complexity index is 783. The van der Waals surface area contributed by atoms with E-state index in [-0.39, 0.29) is 30.7 Å². The number of carbonyl (C=O) groups is 1. The molecule has 1 aromatic carbocycles. The second-order valence-electron chi connectivity index (χ2n) is 7.00. The summed E-state index contributed by atoms with van der Waals surface area (Å²) >= 11 is 1.38. The van der Waals surface area contributed by atoms with E-state index in [0.717, 1.165) is 43.7 Å². The van der Waals surface area contributed by atoms with E-state index < -0.39 is 0 Å². The Morgan fingerprint density at radius 3 is 2.65 bits per heavy atom. The summed E-state index contributed by atoms with van der Waals surface area (Å²) in [7, 11) is 1.58. The molecule has 0 spiro atoms. The number of rotatable bonds is 3. The van der Waals surface area contributed by atoms with Gasteiger partial charge in [0.15, 0.2) is 0 Å². The Hall–Kier alpha value is -1.21. The fourth-order valence-corrected chi connectivity index (χ4v) is 5.38. The average Bonchev–Trinajstić information content (AvgIpc) is 3.15. The van der Waals surface area contributed by atoms with E-state index in [1.54, 1.807) is 13.2 Å². The van der Waals surface area contributed by atoms with Crippen molar-refractivity contribution < 1.29 is 13.9 Å². The molecule has 0 aliphatic carbocycles. The van der Waals surface area contributed by atoms with Crippen LogP contribution in [0.4, 0.5) is 4.39 Å². The van der Waals surface area contributed by atoms with E-state index in [0.29, 0.717) is 27.7 Å². The van der Waals surface area contributed by atoms with Crippen molar-refractivity contribution in [1.29, 1.82) is 0 Å². The van der Waals surface area contributed by atoms with Crippen molar-refractivity contribution in [1.82, 2.24) is 10.2 Å². The molecule has 4 rings (SSSR count). The lowest BCUT2D eigenvalue weighted by Crippen LogP contribution is -2.32. The number of halogens is 2. The number of likely N-dealkylation sites (tertiary alicyclic amines) is 1. The number of fused-ring (bicyclic) bond motifs is 2. The van der Waals surface area contributed by atoms with Gasteiger partial charge in [-0.15, -0.1) is 23.7 Å². The fourth-order valence-electron chi connectivity index (χ4n) is 4.19. The highest BCUT2D eigenvalue weighted by Gasteiger charge is 2.33. The van der Waals surface area contributed by atoms with Crippen LogP contribution in [0.15, 0.2) is 18.2 Å². The lowest BCUT2D eigenvalue weighted by molar-refractivity contribution is 0.0759. The fraction of sp³-hybridized carbons (Fsp3) is 0.526. The molecule has 1 N–H and O–H groups in total. The minimum atomic E-state index is -0.281. The van der Waals surface area contributed by atoms with Gasteiger partial charge in [-0.25, -0.2) is 4.39 Å². The Morgan fingerprint density at radius 2 is 2.00 bits per heavy atom. The highest BCUT2D eigenvalue weighted by Crippen LogP contribution is 2.35. The number of nitrogens with zero attached hydrogens (tertiary/aromatic N) is 1. The first-order valence-corrected chi connectivity index (χ1v) is 9.69. The van der Waals surface area contributed by atoms with E-state index in [2.05, 4.69) is 5.32 Å². The Morgan fingerprint density at radius 1 is 1.31 bits per heavy atom. The number of nitrogens with one attached hydrogen (secondary N) is 1. The number of carbonyl (C=O) groups excluding carboxylic acids is 1. The van der Waals surface area contributed by atoms with Gasteiger partial charge < -0.3 is 15.0 Å². The third-order valence-corrected chi connectivity index (χ3v) is 6.74. The molecule has 0 saturated carbocycles. The number of benzene rings is 1. The van der Waals surface area contributed by atoms with Gasteiger partial charge in [0.1, 0.15) is 5.82 Å². The first-order valence-electron chi connectivity index (χ1n) is 8.88. The zero-order valence-corrected chi connectivity index (χ0v) is 16.4. The van der Waals surface area contributed by atoms with Gasteiger partial charge in [-0.2, -0.15) is 0 Å². The van der Waals surface area contributed by atoms with Gasteiger partial charge in [-0.05, 0) is 49.9 Å². The van der Waals surface area contributed by atoms with Gasteiger partial charge in [0.05, 0.1) is 11.5 Å². The van der Waals surface area contributed by atoms with Gasteiger partial charge in [-0.3, -0.25) is 4.79 Å². The van der Waals surface area contributed by atoms with Crippen LogP contribution < -0.4 is 5.32 Å². The summed E-state index contributed by atoms with van der Waals surface area (Å²) in [5.74, 6) is 1.10. The third kappa shape index (κ3) is 3.48. The molecule has 2 aromatic rings. The van der Waals surface area contributed by atoms with Crippen LogP contribution in [0.25, 0.3) is 10.1 Å². The Kier molecular flexibility index (Phi) is 6.17. The first kappa shape index (κ1) is 19.5. The van der Waals surface area contributed by atoms with Gasteiger partial charge >= 0.3 is 0 Å². The molecule has 0 bridgehead atoms. The van der Waals surface area contributed by atoms with E-state index in [1.165, 1.54) is 17.4 Å². The minimum absolute atomic E-state index is 0. The second-order valence-corrected chi connectivity index (χ2v) is 8.06. The number of hydrogen-bond acceptors (Lipinski definition) is 4. The summed E-state index contributed by atoms with van der Waals surface area (Å²) in [6.07, 6.45) is 2.09. The predicted molar refractivity (Wildman–Crippen MR) is 105 cm³/mol. The van der Waals surface area contributed by atoms with Crippen molar-refractivity contribution in [2.24, 2.45) is 11.8 Å². The molecule has 4 nitrogen and oxygen atoms in total. The molecule has 1 amide bonds. The third-order valence-electron chi connectivity index (χ3n) is 5.55. The normalized spacial score (nSPS) is 22.8. The van der Waals surface area contributed by atoms with Crippen molar-refractivity contribution in [3.05, 3.63) is 34.5 Å². The van der Waals surface area contributed by atoms with Gasteiger partial charge in [0, 0.05) is 35.8 Å². The maximum absolute atomic E-state index is 14.3. The summed E-state index contributed by atoms with van der Waals surface area (Å²) in [5.41, 5.74) is 0.691. The molecule has 142 valence electrons. The van der Waals surface area contributed by atoms with Crippen LogP contribution in [0.3, 0.4) is 0 Å². The largest absolute Gasteiger partial charge is 0.380 e. The molecule has 2 atom stereocenters. The molecule has 7 heteroatoms. The molecular formula is C19H24ClFN2O2S. The van der Waals surface area contributed by atoms with Crippen LogP contribution in [0.5, 0.6) is 0 Å². The smallest absolute Gasteiger partial charge is 0.264 e. The van der Waals surface area contributed by atoms with Crippen molar-refractivity contribution in [3.8, 4) is 0 Å². The highest BCUT2D eigenvalue weighted by molar-refractivity contribution is 7.21. The lowest BCUT2D eigenvalue weighted by Gasteiger charge is -2.21. The predicted octanol–water partition coefficient (Wildman–Crippen LogP) is 3.68. The molecule has 2 aliphatic rings. The standard InChI is InChI=1S/C19H23FN2O2S.ClH/c1-24-11-14-17-15(20)3-2-4-16(17)25-18(14)19(23)22-7-5-12-9-21-10-13(12)6-8-22;/h2-4,12-13,21H,5-11H2,1H3;1H/t12-,13+;. The average molecular weight is 399 g/mol. The highest BCUT2D eigenvalue weighted by atomic mass is 35.5. The van der Waals surface area contributed by atoms with E-state index in [9.17, 15) is 9.18 Å². The van der Waals surface area contributed by atoms with Crippen LogP contribution >= 0.6 is 23.7 Å². The number of thiophene rings is 1. The zero-order valence-electron chi connectivity index (χ0n) is 14.8. The molecule has 1 aromatic heterocycles. The van der Waals surface area contributed by atoms with Crippen LogP contribution in [-0.2, 0) is 11.3 Å². The molecule has 2 aliphatic heterocycles. The monoisotopic (exact) mass is 398 g/mol. The summed E-state index contributed by atoms with van der Waals surface area (Å²) < 4.78 is 20.4. The Balaban J connectivity index is 0.00000196. The number of methoxy groups -OCH3 is 1. The van der Waals surface area contributed by atoms with Gasteiger partial charge in [0.25, 0.3) is 5.91 Å². The van der Waals surface area contributed by atoms with E-state index in [4.69, 9.17) is 4.74 Å².